The first-order chi connectivity index (χ1) is 8.61. The normalized spacial score (nSPS) is 15.7. The summed E-state index contributed by atoms with van der Waals surface area (Å²) >= 11 is 0. The van der Waals surface area contributed by atoms with Gasteiger partial charge in [-0.2, -0.15) is 0 Å². The van der Waals surface area contributed by atoms with Crippen LogP contribution in [0.3, 0.4) is 0 Å². The second-order valence-corrected chi connectivity index (χ2v) is 6.97. The van der Waals surface area contributed by atoms with Crippen LogP contribution in [-0.2, 0) is 13.3 Å². The Hall–Kier alpha value is 0.0169. The Balaban J connectivity index is 5.04. The van der Waals surface area contributed by atoms with Gasteiger partial charge in [0.15, 0.2) is 0 Å². The summed E-state index contributed by atoms with van der Waals surface area (Å²) < 4.78 is 17.7. The first-order valence-electron chi connectivity index (χ1n) is 6.99. The van der Waals surface area contributed by atoms with Gasteiger partial charge in [0, 0.05) is 31.4 Å². The van der Waals surface area contributed by atoms with Gasteiger partial charge in [0.2, 0.25) is 0 Å². The first-order valence-corrected chi connectivity index (χ1v) is 8.79. The lowest BCUT2D eigenvalue weighted by atomic mass is 10.1. The predicted molar refractivity (Wildman–Crippen MR) is 76.3 cm³/mol. The molecule has 0 aromatic rings. The van der Waals surface area contributed by atoms with Crippen molar-refractivity contribution < 1.29 is 13.3 Å². The van der Waals surface area contributed by atoms with Crippen LogP contribution in [0.25, 0.3) is 0 Å². The number of rotatable bonds is 11. The van der Waals surface area contributed by atoms with E-state index in [-0.39, 0.29) is 11.6 Å². The van der Waals surface area contributed by atoms with E-state index in [1.54, 1.807) is 0 Å². The van der Waals surface area contributed by atoms with Crippen molar-refractivity contribution in [3.05, 3.63) is 0 Å². The van der Waals surface area contributed by atoms with Crippen LogP contribution < -0.4 is 11.5 Å². The summed E-state index contributed by atoms with van der Waals surface area (Å²) in [5, 5.41) is 0. The van der Waals surface area contributed by atoms with Crippen LogP contribution in [0.5, 0.6) is 0 Å². The molecule has 2 atom stereocenters. The lowest BCUT2D eigenvalue weighted by Crippen LogP contribution is -2.55. The lowest BCUT2D eigenvalue weighted by molar-refractivity contribution is 0.0569. The van der Waals surface area contributed by atoms with Crippen molar-refractivity contribution in [1.82, 2.24) is 0 Å². The summed E-state index contributed by atoms with van der Waals surface area (Å²) in [7, 11) is -2.71. The SMILES string of the molecule is CCO[Si](OCC)(OCC)C(CC)C(N)CCN. The molecule has 0 aliphatic rings. The lowest BCUT2D eigenvalue weighted by Gasteiger charge is -2.37. The Morgan fingerprint density at radius 1 is 0.944 bits per heavy atom. The first kappa shape index (κ1) is 18.0. The Kier molecular flexibility index (Phi) is 9.89. The fourth-order valence-electron chi connectivity index (χ4n) is 2.26. The highest BCUT2D eigenvalue weighted by molar-refractivity contribution is 6.62. The van der Waals surface area contributed by atoms with E-state index in [9.17, 15) is 0 Å². The molecule has 4 N–H and O–H groups in total. The zero-order chi connectivity index (χ0) is 14.0. The van der Waals surface area contributed by atoms with Gasteiger partial charge < -0.3 is 24.7 Å². The maximum Gasteiger partial charge on any atom is 0.505 e. The zero-order valence-corrected chi connectivity index (χ0v) is 13.3. The van der Waals surface area contributed by atoms with E-state index < -0.39 is 8.80 Å². The molecule has 0 saturated carbocycles. The fourth-order valence-corrected chi connectivity index (χ4v) is 5.55. The Bertz CT molecular complexity index is 191. The van der Waals surface area contributed by atoms with Crippen LogP contribution in [0.1, 0.15) is 40.5 Å². The molecule has 0 aliphatic heterocycles. The molecular weight excluding hydrogens is 248 g/mol. The van der Waals surface area contributed by atoms with Gasteiger partial charge in [-0.05, 0) is 40.2 Å². The molecule has 0 bridgehead atoms. The molecule has 0 amide bonds. The zero-order valence-electron chi connectivity index (χ0n) is 12.3. The highest BCUT2D eigenvalue weighted by atomic mass is 28.4. The minimum absolute atomic E-state index is 0.0312. The molecule has 110 valence electrons. The number of hydrogen-bond donors (Lipinski definition) is 2. The predicted octanol–water partition coefficient (Wildman–Crippen LogP) is 1.49. The second-order valence-electron chi connectivity index (χ2n) is 4.16. The Morgan fingerprint density at radius 2 is 1.39 bits per heavy atom. The van der Waals surface area contributed by atoms with E-state index in [0.29, 0.717) is 26.4 Å². The minimum atomic E-state index is -2.71. The maximum atomic E-state index is 6.23. The van der Waals surface area contributed by atoms with E-state index in [2.05, 4.69) is 6.92 Å². The molecule has 0 aliphatic carbocycles. The third-order valence-electron chi connectivity index (χ3n) is 2.95. The largest absolute Gasteiger partial charge is 0.505 e. The summed E-state index contributed by atoms with van der Waals surface area (Å²) in [6.45, 7) is 10.3. The fraction of sp³-hybridized carbons (Fsp3) is 1.00. The highest BCUT2D eigenvalue weighted by Gasteiger charge is 2.50. The molecule has 0 aromatic carbocycles. The van der Waals surface area contributed by atoms with E-state index >= 15 is 0 Å². The molecule has 18 heavy (non-hydrogen) atoms. The monoisotopic (exact) mass is 278 g/mol. The Morgan fingerprint density at radius 3 is 1.67 bits per heavy atom. The van der Waals surface area contributed by atoms with Gasteiger partial charge in [-0.1, -0.05) is 6.92 Å². The molecule has 0 fully saturated rings. The molecule has 0 spiro atoms. The van der Waals surface area contributed by atoms with Gasteiger partial charge in [-0.3, -0.25) is 0 Å². The van der Waals surface area contributed by atoms with Crippen LogP contribution in [0, 0.1) is 0 Å². The van der Waals surface area contributed by atoms with Crippen molar-refractivity contribution >= 4 is 8.80 Å². The van der Waals surface area contributed by atoms with Crippen molar-refractivity contribution in [2.75, 3.05) is 26.4 Å². The van der Waals surface area contributed by atoms with Crippen LogP contribution >= 0.6 is 0 Å². The molecular formula is C12H30N2O3Si. The average molecular weight is 278 g/mol. The van der Waals surface area contributed by atoms with Gasteiger partial charge in [0.25, 0.3) is 0 Å². The number of nitrogens with two attached hydrogens (primary N) is 2. The van der Waals surface area contributed by atoms with Gasteiger partial charge in [-0.15, -0.1) is 0 Å². The Labute approximate surface area is 113 Å². The van der Waals surface area contributed by atoms with Crippen molar-refractivity contribution in [1.29, 1.82) is 0 Å². The second kappa shape index (κ2) is 9.88. The van der Waals surface area contributed by atoms with Crippen molar-refractivity contribution in [3.63, 3.8) is 0 Å². The van der Waals surface area contributed by atoms with E-state index in [1.165, 1.54) is 0 Å². The number of hydrogen-bond acceptors (Lipinski definition) is 5. The summed E-state index contributed by atoms with van der Waals surface area (Å²) in [4.78, 5) is 0. The molecule has 5 nitrogen and oxygen atoms in total. The summed E-state index contributed by atoms with van der Waals surface area (Å²) in [5.41, 5.74) is 11.9. The van der Waals surface area contributed by atoms with Gasteiger partial charge in [-0.25, -0.2) is 0 Å². The van der Waals surface area contributed by atoms with E-state index in [4.69, 9.17) is 24.7 Å². The third kappa shape index (κ3) is 4.95. The van der Waals surface area contributed by atoms with Gasteiger partial charge in [0.1, 0.15) is 0 Å². The van der Waals surface area contributed by atoms with Gasteiger partial charge in [0.05, 0.1) is 0 Å². The summed E-state index contributed by atoms with van der Waals surface area (Å²) in [5.74, 6) is 0. The third-order valence-corrected chi connectivity index (χ3v) is 6.77. The standard InChI is InChI=1S/C12H30N2O3Si/c1-5-12(11(14)9-10-13)18(15-6-2,16-7-3)17-8-4/h11-12H,5-10,13-14H2,1-4H3. The summed E-state index contributed by atoms with van der Waals surface area (Å²) in [6.07, 6.45) is 1.65. The van der Waals surface area contributed by atoms with Crippen LogP contribution in [0.4, 0.5) is 0 Å². The summed E-state index contributed by atoms with van der Waals surface area (Å²) in [6, 6.07) is -0.0312. The topological polar surface area (TPSA) is 79.7 Å². The minimum Gasteiger partial charge on any atom is -0.374 e. The maximum absolute atomic E-state index is 6.23. The molecule has 0 rings (SSSR count). The molecule has 0 aromatic heterocycles. The molecule has 0 saturated heterocycles. The highest BCUT2D eigenvalue weighted by Crippen LogP contribution is 2.32. The van der Waals surface area contributed by atoms with E-state index in [1.807, 2.05) is 20.8 Å². The van der Waals surface area contributed by atoms with Crippen LogP contribution in [0.15, 0.2) is 0 Å². The van der Waals surface area contributed by atoms with E-state index in [0.717, 1.165) is 12.8 Å². The van der Waals surface area contributed by atoms with Gasteiger partial charge >= 0.3 is 8.80 Å². The van der Waals surface area contributed by atoms with Crippen LogP contribution in [0.2, 0.25) is 5.54 Å². The smallest absolute Gasteiger partial charge is 0.374 e. The van der Waals surface area contributed by atoms with Crippen molar-refractivity contribution in [2.24, 2.45) is 11.5 Å². The molecule has 0 heterocycles. The van der Waals surface area contributed by atoms with Crippen LogP contribution in [-0.4, -0.2) is 41.2 Å². The molecule has 0 radical (unpaired) electrons. The quantitative estimate of drug-likeness (QED) is 0.560. The van der Waals surface area contributed by atoms with Crippen molar-refractivity contribution in [3.8, 4) is 0 Å². The van der Waals surface area contributed by atoms with Crippen molar-refractivity contribution in [2.45, 2.75) is 52.1 Å². The molecule has 2 unspecified atom stereocenters. The molecule has 6 heteroatoms. The average Bonchev–Trinajstić information content (AvgIpc) is 2.31.